The second kappa shape index (κ2) is 10.5. The van der Waals surface area contributed by atoms with Crippen molar-refractivity contribution in [3.63, 3.8) is 0 Å². The average Bonchev–Trinajstić information content (AvgIpc) is 2.77. The Morgan fingerprint density at radius 3 is 2.97 bits per heavy atom. The molecule has 1 aliphatic carbocycles. The number of ether oxygens (including phenoxy) is 1. The lowest BCUT2D eigenvalue weighted by Gasteiger charge is -2.36. The molecule has 0 spiro atoms. The second-order valence-electron chi connectivity index (χ2n) is 7.13. The molecule has 8 heteroatoms. The molecule has 2 heterocycles. The lowest BCUT2D eigenvalue weighted by molar-refractivity contribution is -0.128. The fourth-order valence-electron chi connectivity index (χ4n) is 3.50. The summed E-state index contributed by atoms with van der Waals surface area (Å²) in [6.07, 6.45) is 9.49. The van der Waals surface area contributed by atoms with Crippen LogP contribution in [0.5, 0.6) is 0 Å². The van der Waals surface area contributed by atoms with Gasteiger partial charge < -0.3 is 15.4 Å². The van der Waals surface area contributed by atoms with E-state index in [1.54, 1.807) is 36.9 Å². The Kier molecular flexibility index (Phi) is 7.47. The highest BCUT2D eigenvalue weighted by Crippen LogP contribution is 2.29. The molecule has 2 aromatic rings. The van der Waals surface area contributed by atoms with Crippen molar-refractivity contribution in [1.82, 2.24) is 20.3 Å². The maximum atomic E-state index is 12.7. The summed E-state index contributed by atoms with van der Waals surface area (Å²) in [7, 11) is 0. The van der Waals surface area contributed by atoms with Crippen LogP contribution in [0.25, 0.3) is 0 Å². The molecule has 2 N–H and O–H groups in total. The van der Waals surface area contributed by atoms with Gasteiger partial charge in [-0.3, -0.25) is 14.8 Å². The first-order chi connectivity index (χ1) is 14.2. The number of rotatable bonds is 8. The second-order valence-corrected chi connectivity index (χ2v) is 7.13. The van der Waals surface area contributed by atoms with Crippen molar-refractivity contribution in [3.05, 3.63) is 48.2 Å². The topological polar surface area (TPSA) is 113 Å². The summed E-state index contributed by atoms with van der Waals surface area (Å²) in [5.41, 5.74) is 1.30. The van der Waals surface area contributed by atoms with E-state index in [0.717, 1.165) is 25.0 Å². The zero-order valence-electron chi connectivity index (χ0n) is 16.5. The van der Waals surface area contributed by atoms with Gasteiger partial charge in [0.15, 0.2) is 0 Å². The molecule has 1 saturated carbocycles. The minimum atomic E-state index is -0.107. The summed E-state index contributed by atoms with van der Waals surface area (Å²) in [6, 6.07) is 5.58. The van der Waals surface area contributed by atoms with Crippen LogP contribution in [0.3, 0.4) is 0 Å². The zero-order chi connectivity index (χ0) is 20.5. The van der Waals surface area contributed by atoms with Crippen LogP contribution in [0.1, 0.15) is 43.9 Å². The number of nitriles is 1. The Morgan fingerprint density at radius 1 is 1.31 bits per heavy atom. The standard InChI is InChI=1S/C21H26N6O2/c1-2-9-29-19-11-16(21(28)26-14-17-13-23-7-8-24-17)3-4-18(19)27-20-10-15(12-22)5-6-25-20/h5-8,10,13,16,18-19H,2-4,9,11,14H2,1H3,(H,25,27)(H,26,28)/t16-,18+,19+/m0/s1. The predicted octanol–water partition coefficient (Wildman–Crippen LogP) is 2.44. The number of nitrogens with one attached hydrogen (secondary N) is 2. The smallest absolute Gasteiger partial charge is 0.223 e. The molecule has 1 fully saturated rings. The van der Waals surface area contributed by atoms with E-state index in [-0.39, 0.29) is 24.0 Å². The van der Waals surface area contributed by atoms with E-state index >= 15 is 0 Å². The van der Waals surface area contributed by atoms with Crippen molar-refractivity contribution in [1.29, 1.82) is 5.26 Å². The van der Waals surface area contributed by atoms with Gasteiger partial charge in [0.1, 0.15) is 5.82 Å². The highest BCUT2D eigenvalue weighted by molar-refractivity contribution is 5.78. The van der Waals surface area contributed by atoms with Crippen LogP contribution >= 0.6 is 0 Å². The number of nitrogens with zero attached hydrogens (tertiary/aromatic N) is 4. The van der Waals surface area contributed by atoms with Gasteiger partial charge in [0.05, 0.1) is 42.2 Å². The molecule has 29 heavy (non-hydrogen) atoms. The Hall–Kier alpha value is -3.05. The Bertz CT molecular complexity index is 839. The van der Waals surface area contributed by atoms with Gasteiger partial charge in [0, 0.05) is 31.1 Å². The third-order valence-electron chi connectivity index (χ3n) is 4.98. The van der Waals surface area contributed by atoms with E-state index in [9.17, 15) is 4.79 Å². The van der Waals surface area contributed by atoms with Gasteiger partial charge in [-0.05, 0) is 37.8 Å². The van der Waals surface area contributed by atoms with Crippen LogP contribution < -0.4 is 10.6 Å². The Morgan fingerprint density at radius 2 is 2.21 bits per heavy atom. The molecule has 0 aliphatic heterocycles. The largest absolute Gasteiger partial charge is 0.376 e. The van der Waals surface area contributed by atoms with Gasteiger partial charge in [0.2, 0.25) is 5.91 Å². The third kappa shape index (κ3) is 5.96. The van der Waals surface area contributed by atoms with Crippen LogP contribution in [0.4, 0.5) is 5.82 Å². The van der Waals surface area contributed by atoms with Gasteiger partial charge in [-0.25, -0.2) is 4.98 Å². The van der Waals surface area contributed by atoms with Gasteiger partial charge in [-0.1, -0.05) is 6.92 Å². The Balaban J connectivity index is 1.60. The maximum absolute atomic E-state index is 12.7. The highest BCUT2D eigenvalue weighted by atomic mass is 16.5. The minimum absolute atomic E-state index is 0.0174. The average molecular weight is 394 g/mol. The van der Waals surface area contributed by atoms with Crippen LogP contribution in [-0.4, -0.2) is 39.6 Å². The molecular formula is C21H26N6O2. The van der Waals surface area contributed by atoms with E-state index < -0.39 is 0 Å². The summed E-state index contributed by atoms with van der Waals surface area (Å²) in [6.45, 7) is 3.08. The van der Waals surface area contributed by atoms with E-state index in [2.05, 4.69) is 38.6 Å². The number of hydrogen-bond donors (Lipinski definition) is 2. The fraction of sp³-hybridized carbons (Fsp3) is 0.476. The molecule has 0 saturated heterocycles. The van der Waals surface area contributed by atoms with Crippen molar-refractivity contribution >= 4 is 11.7 Å². The molecule has 0 bridgehead atoms. The molecular weight excluding hydrogens is 368 g/mol. The quantitative estimate of drug-likeness (QED) is 0.707. The first-order valence-corrected chi connectivity index (χ1v) is 9.96. The summed E-state index contributed by atoms with van der Waals surface area (Å²) in [5.74, 6) is 0.568. The van der Waals surface area contributed by atoms with Crippen molar-refractivity contribution in [2.24, 2.45) is 5.92 Å². The number of hydrogen-bond acceptors (Lipinski definition) is 7. The normalized spacial score (nSPS) is 21.2. The molecule has 8 nitrogen and oxygen atoms in total. The first-order valence-electron chi connectivity index (χ1n) is 9.96. The van der Waals surface area contributed by atoms with Gasteiger partial charge in [0.25, 0.3) is 0 Å². The third-order valence-corrected chi connectivity index (χ3v) is 4.98. The van der Waals surface area contributed by atoms with Crippen LogP contribution in [0.15, 0.2) is 36.9 Å². The molecule has 152 valence electrons. The fourth-order valence-corrected chi connectivity index (χ4v) is 3.50. The van der Waals surface area contributed by atoms with Crippen molar-refractivity contribution in [2.75, 3.05) is 11.9 Å². The predicted molar refractivity (Wildman–Crippen MR) is 108 cm³/mol. The van der Waals surface area contributed by atoms with Gasteiger partial charge in [-0.2, -0.15) is 5.26 Å². The Labute approximate surface area is 170 Å². The number of aromatic nitrogens is 3. The van der Waals surface area contributed by atoms with E-state index in [0.29, 0.717) is 31.0 Å². The number of carbonyl (C=O) groups is 1. The number of anilines is 1. The number of amides is 1. The molecule has 1 amide bonds. The minimum Gasteiger partial charge on any atom is -0.376 e. The van der Waals surface area contributed by atoms with Crippen molar-refractivity contribution in [2.45, 2.75) is 51.3 Å². The molecule has 2 aromatic heterocycles. The summed E-state index contributed by atoms with van der Waals surface area (Å²) in [5, 5.41) is 15.4. The molecule has 0 aromatic carbocycles. The van der Waals surface area contributed by atoms with Crippen LogP contribution in [-0.2, 0) is 16.1 Å². The SMILES string of the molecule is CCCO[C@@H]1C[C@@H](C(=O)NCc2cnccn2)CC[C@H]1Nc1cc(C#N)ccn1. The van der Waals surface area contributed by atoms with Crippen molar-refractivity contribution in [3.8, 4) is 6.07 Å². The summed E-state index contributed by atoms with van der Waals surface area (Å²) in [4.78, 5) is 25.2. The van der Waals surface area contributed by atoms with Crippen LogP contribution in [0, 0.1) is 17.2 Å². The van der Waals surface area contributed by atoms with E-state index in [1.165, 1.54) is 0 Å². The lowest BCUT2D eigenvalue weighted by Crippen LogP contribution is -2.45. The lowest BCUT2D eigenvalue weighted by atomic mass is 9.83. The van der Waals surface area contributed by atoms with E-state index in [1.807, 2.05) is 0 Å². The molecule has 1 aliphatic rings. The van der Waals surface area contributed by atoms with Gasteiger partial charge >= 0.3 is 0 Å². The molecule has 0 radical (unpaired) electrons. The number of carbonyl (C=O) groups excluding carboxylic acids is 1. The molecule has 3 atom stereocenters. The zero-order valence-corrected chi connectivity index (χ0v) is 16.5. The summed E-state index contributed by atoms with van der Waals surface area (Å²) < 4.78 is 6.06. The summed E-state index contributed by atoms with van der Waals surface area (Å²) >= 11 is 0. The number of pyridine rings is 1. The highest BCUT2D eigenvalue weighted by Gasteiger charge is 2.34. The van der Waals surface area contributed by atoms with Crippen molar-refractivity contribution < 1.29 is 9.53 Å². The molecule has 3 rings (SSSR count). The maximum Gasteiger partial charge on any atom is 0.223 e. The monoisotopic (exact) mass is 394 g/mol. The van der Waals surface area contributed by atoms with E-state index in [4.69, 9.17) is 10.00 Å². The van der Waals surface area contributed by atoms with Crippen LogP contribution in [0.2, 0.25) is 0 Å². The first kappa shape index (κ1) is 20.7. The molecule has 0 unspecified atom stereocenters. The van der Waals surface area contributed by atoms with Gasteiger partial charge in [-0.15, -0.1) is 0 Å².